The summed E-state index contributed by atoms with van der Waals surface area (Å²) in [4.78, 5) is 24.7. The smallest absolute Gasteiger partial charge is 0.251 e. The first kappa shape index (κ1) is 20.7. The molecule has 0 fully saturated rings. The average Bonchev–Trinajstić information content (AvgIpc) is 3.38. The number of hydrogen-bond donors (Lipinski definition) is 2. The Balaban J connectivity index is 1.32. The highest BCUT2D eigenvalue weighted by Crippen LogP contribution is 2.34. The van der Waals surface area contributed by atoms with Crippen LogP contribution in [0.1, 0.15) is 29.1 Å². The first-order valence-corrected chi connectivity index (χ1v) is 10.6. The van der Waals surface area contributed by atoms with E-state index in [0.29, 0.717) is 33.7 Å². The highest BCUT2D eigenvalue weighted by molar-refractivity contribution is 7.99. The summed E-state index contributed by atoms with van der Waals surface area (Å²) < 4.78 is 12.4. The lowest BCUT2D eigenvalue weighted by Crippen LogP contribution is -2.28. The van der Waals surface area contributed by atoms with Crippen LogP contribution < -0.4 is 20.1 Å². The molecule has 1 aliphatic heterocycles. The van der Waals surface area contributed by atoms with Crippen molar-refractivity contribution in [2.75, 3.05) is 17.9 Å². The molecule has 9 nitrogen and oxygen atoms in total. The molecule has 3 aromatic rings. The van der Waals surface area contributed by atoms with Gasteiger partial charge in [0.25, 0.3) is 5.91 Å². The van der Waals surface area contributed by atoms with Crippen molar-refractivity contribution in [2.24, 2.45) is 7.05 Å². The summed E-state index contributed by atoms with van der Waals surface area (Å²) in [6.45, 7) is 2.02. The van der Waals surface area contributed by atoms with Crippen LogP contribution >= 0.6 is 11.8 Å². The van der Waals surface area contributed by atoms with Crippen LogP contribution in [-0.2, 0) is 11.8 Å². The van der Waals surface area contributed by atoms with Crippen LogP contribution in [0.3, 0.4) is 0 Å². The number of fused-ring (bicyclic) bond motifs is 1. The zero-order valence-electron chi connectivity index (χ0n) is 17.0. The van der Waals surface area contributed by atoms with Gasteiger partial charge < -0.3 is 24.7 Å². The molecule has 2 N–H and O–H groups in total. The monoisotopic (exact) mass is 439 g/mol. The second-order valence-electron chi connectivity index (χ2n) is 6.87. The molecule has 0 unspecified atom stereocenters. The molecule has 2 heterocycles. The van der Waals surface area contributed by atoms with Gasteiger partial charge in [0, 0.05) is 24.4 Å². The lowest BCUT2D eigenvalue weighted by Gasteiger charge is -2.13. The molecule has 10 heteroatoms. The summed E-state index contributed by atoms with van der Waals surface area (Å²) in [7, 11) is 1.80. The number of amides is 2. The molecule has 0 aliphatic carbocycles. The number of aromatic nitrogens is 3. The molecule has 0 saturated carbocycles. The first-order valence-electron chi connectivity index (χ1n) is 9.59. The van der Waals surface area contributed by atoms with Gasteiger partial charge in [0.05, 0.1) is 11.8 Å². The summed E-state index contributed by atoms with van der Waals surface area (Å²) in [6.07, 6.45) is 0. The fourth-order valence-corrected chi connectivity index (χ4v) is 3.78. The normalized spacial score (nSPS) is 13.0. The molecule has 2 amide bonds. The van der Waals surface area contributed by atoms with Gasteiger partial charge in [-0.15, -0.1) is 10.2 Å². The van der Waals surface area contributed by atoms with Crippen LogP contribution in [0.2, 0.25) is 0 Å². The van der Waals surface area contributed by atoms with Crippen LogP contribution in [0.4, 0.5) is 5.69 Å². The Kier molecular flexibility index (Phi) is 6.08. The molecule has 2 aromatic carbocycles. The number of hydrogen-bond acceptors (Lipinski definition) is 7. The van der Waals surface area contributed by atoms with Gasteiger partial charge in [-0.3, -0.25) is 9.59 Å². The maximum atomic E-state index is 12.4. The van der Waals surface area contributed by atoms with Crippen LogP contribution in [-0.4, -0.2) is 39.1 Å². The Bertz CT molecular complexity index is 1100. The minimum Gasteiger partial charge on any atom is -0.454 e. The highest BCUT2D eigenvalue weighted by atomic mass is 32.2. The summed E-state index contributed by atoms with van der Waals surface area (Å²) in [5.74, 6) is 1.66. The zero-order chi connectivity index (χ0) is 21.8. The highest BCUT2D eigenvalue weighted by Gasteiger charge is 2.19. The van der Waals surface area contributed by atoms with Crippen molar-refractivity contribution in [3.63, 3.8) is 0 Å². The van der Waals surface area contributed by atoms with Gasteiger partial charge in [-0.05, 0) is 31.2 Å². The van der Waals surface area contributed by atoms with E-state index < -0.39 is 0 Å². The number of nitrogens with zero attached hydrogens (tertiary/aromatic N) is 3. The summed E-state index contributed by atoms with van der Waals surface area (Å²) in [5, 5.41) is 14.6. The molecule has 1 aromatic heterocycles. The molecule has 0 bridgehead atoms. The largest absolute Gasteiger partial charge is 0.454 e. The summed E-state index contributed by atoms with van der Waals surface area (Å²) in [5.41, 5.74) is 1.21. The molecule has 1 aliphatic rings. The van der Waals surface area contributed by atoms with Crippen molar-refractivity contribution in [2.45, 2.75) is 18.1 Å². The van der Waals surface area contributed by atoms with E-state index in [1.54, 1.807) is 41.9 Å². The molecule has 0 spiro atoms. The van der Waals surface area contributed by atoms with Crippen molar-refractivity contribution in [1.82, 2.24) is 20.1 Å². The first-order chi connectivity index (χ1) is 15.0. The van der Waals surface area contributed by atoms with E-state index in [-0.39, 0.29) is 30.4 Å². The topological polar surface area (TPSA) is 107 Å². The second kappa shape index (κ2) is 9.09. The fraction of sp³-hybridized carbons (Fsp3) is 0.238. The van der Waals surface area contributed by atoms with Crippen LogP contribution in [0, 0.1) is 0 Å². The van der Waals surface area contributed by atoms with Gasteiger partial charge in [0.15, 0.2) is 22.5 Å². The lowest BCUT2D eigenvalue weighted by atomic mass is 10.2. The number of carbonyl (C=O) groups is 2. The van der Waals surface area contributed by atoms with E-state index in [1.807, 2.05) is 25.1 Å². The van der Waals surface area contributed by atoms with Gasteiger partial charge in [0.1, 0.15) is 0 Å². The summed E-state index contributed by atoms with van der Waals surface area (Å²) >= 11 is 1.26. The number of thioether (sulfide) groups is 1. The molecule has 4 rings (SSSR count). The van der Waals surface area contributed by atoms with Gasteiger partial charge in [-0.1, -0.05) is 30.0 Å². The van der Waals surface area contributed by atoms with Crippen molar-refractivity contribution >= 4 is 29.3 Å². The molecule has 160 valence electrons. The summed E-state index contributed by atoms with van der Waals surface area (Å²) in [6, 6.07) is 13.9. The minimum atomic E-state index is -0.345. The van der Waals surface area contributed by atoms with Gasteiger partial charge >= 0.3 is 0 Å². The fourth-order valence-electron chi connectivity index (χ4n) is 3.06. The SMILES string of the molecule is C[C@@H](NC(=O)c1ccccc1)c1nnc(SCC(=O)Nc2ccc3c(c2)OCO3)n1C. The third-order valence-corrected chi connectivity index (χ3v) is 5.65. The number of rotatable bonds is 7. The number of nitrogens with one attached hydrogen (secondary N) is 2. The van der Waals surface area contributed by atoms with E-state index in [4.69, 9.17) is 9.47 Å². The standard InChI is InChI=1S/C21H21N5O4S/c1-13(22-20(28)14-6-4-3-5-7-14)19-24-25-21(26(19)2)31-11-18(27)23-15-8-9-16-17(10-15)30-12-29-16/h3-10,13H,11-12H2,1-2H3,(H,22,28)(H,23,27)/t13-/m1/s1. The molecule has 1 atom stereocenters. The number of ether oxygens (including phenoxy) is 2. The van der Waals surface area contributed by atoms with Gasteiger partial charge in [-0.25, -0.2) is 0 Å². The van der Waals surface area contributed by atoms with Crippen molar-refractivity contribution in [1.29, 1.82) is 0 Å². The molecular formula is C21H21N5O4S. The minimum absolute atomic E-state index is 0.158. The number of anilines is 1. The average molecular weight is 439 g/mol. The van der Waals surface area contributed by atoms with Crippen LogP contribution in [0.5, 0.6) is 11.5 Å². The quantitative estimate of drug-likeness (QED) is 0.545. The van der Waals surface area contributed by atoms with Crippen molar-refractivity contribution in [3.8, 4) is 11.5 Å². The predicted molar refractivity (Wildman–Crippen MR) is 115 cm³/mol. The van der Waals surface area contributed by atoms with E-state index in [2.05, 4.69) is 20.8 Å². The predicted octanol–water partition coefficient (Wildman–Crippen LogP) is 2.77. The zero-order valence-corrected chi connectivity index (χ0v) is 17.8. The van der Waals surface area contributed by atoms with Gasteiger partial charge in [0.2, 0.25) is 12.7 Å². The molecule has 31 heavy (non-hydrogen) atoms. The molecular weight excluding hydrogens is 418 g/mol. The molecule has 0 saturated heterocycles. The Hall–Kier alpha value is -3.53. The third kappa shape index (κ3) is 4.80. The van der Waals surface area contributed by atoms with E-state index in [9.17, 15) is 9.59 Å². The number of benzene rings is 2. The van der Waals surface area contributed by atoms with Crippen molar-refractivity contribution in [3.05, 3.63) is 59.9 Å². The Morgan fingerprint density at radius 3 is 2.71 bits per heavy atom. The Labute approximate surface area is 183 Å². The van der Waals surface area contributed by atoms with E-state index in [0.717, 1.165) is 0 Å². The van der Waals surface area contributed by atoms with Crippen LogP contribution in [0.25, 0.3) is 0 Å². The maximum absolute atomic E-state index is 12.4. The molecule has 0 radical (unpaired) electrons. The van der Waals surface area contributed by atoms with E-state index >= 15 is 0 Å². The number of carbonyl (C=O) groups excluding carboxylic acids is 2. The third-order valence-electron chi connectivity index (χ3n) is 4.63. The van der Waals surface area contributed by atoms with Gasteiger partial charge in [-0.2, -0.15) is 0 Å². The Morgan fingerprint density at radius 2 is 1.90 bits per heavy atom. The second-order valence-corrected chi connectivity index (χ2v) is 7.81. The van der Waals surface area contributed by atoms with Crippen LogP contribution in [0.15, 0.2) is 53.7 Å². The van der Waals surface area contributed by atoms with E-state index in [1.165, 1.54) is 11.8 Å². The Morgan fingerprint density at radius 1 is 1.13 bits per heavy atom. The lowest BCUT2D eigenvalue weighted by molar-refractivity contribution is -0.113. The van der Waals surface area contributed by atoms with Crippen molar-refractivity contribution < 1.29 is 19.1 Å². The maximum Gasteiger partial charge on any atom is 0.251 e.